The van der Waals surface area contributed by atoms with E-state index >= 15 is 0 Å². The summed E-state index contributed by atoms with van der Waals surface area (Å²) < 4.78 is 32.0. The molecule has 1 aliphatic rings. The topological polar surface area (TPSA) is 139 Å². The molecule has 182 valence electrons. The fraction of sp³-hybridized carbons (Fsp3) is 0.364. The van der Waals surface area contributed by atoms with Gasteiger partial charge in [-0.15, -0.1) is 0 Å². The van der Waals surface area contributed by atoms with Crippen molar-refractivity contribution in [2.45, 2.75) is 18.2 Å². The summed E-state index contributed by atoms with van der Waals surface area (Å²) in [4.78, 5) is 36.6. The number of piperazine rings is 1. The van der Waals surface area contributed by atoms with E-state index in [1.165, 1.54) is 23.5 Å². The van der Waals surface area contributed by atoms with Crippen LogP contribution in [0, 0.1) is 17.0 Å². The van der Waals surface area contributed by atoms with Gasteiger partial charge in [-0.3, -0.25) is 19.7 Å². The van der Waals surface area contributed by atoms with E-state index in [4.69, 9.17) is 4.74 Å². The Kier molecular flexibility index (Phi) is 7.84. The highest BCUT2D eigenvalue weighted by Gasteiger charge is 2.31. The molecule has 0 aromatic heterocycles. The second-order valence-electron chi connectivity index (χ2n) is 7.75. The molecule has 2 aromatic carbocycles. The first-order valence-corrected chi connectivity index (χ1v) is 12.0. The molecule has 2 amide bonds. The third-order valence-electron chi connectivity index (χ3n) is 5.48. The molecule has 1 N–H and O–H groups in total. The predicted octanol–water partition coefficient (Wildman–Crippen LogP) is 1.56. The van der Waals surface area contributed by atoms with E-state index in [1.54, 1.807) is 23.1 Å². The molecule has 0 spiro atoms. The lowest BCUT2D eigenvalue weighted by molar-refractivity contribution is -0.386. The molecule has 3 rings (SSSR count). The Morgan fingerprint density at radius 3 is 2.44 bits per heavy atom. The molecule has 1 saturated heterocycles. The van der Waals surface area contributed by atoms with Gasteiger partial charge in [0.1, 0.15) is 0 Å². The van der Waals surface area contributed by atoms with Gasteiger partial charge in [0.05, 0.1) is 16.9 Å². The number of benzene rings is 2. The van der Waals surface area contributed by atoms with Gasteiger partial charge in [0.25, 0.3) is 5.91 Å². The second-order valence-corrected chi connectivity index (χ2v) is 9.69. The van der Waals surface area contributed by atoms with Crippen molar-refractivity contribution < 1.29 is 27.7 Å². The zero-order chi connectivity index (χ0) is 24.9. The van der Waals surface area contributed by atoms with Crippen molar-refractivity contribution in [2.24, 2.45) is 0 Å². The highest BCUT2D eigenvalue weighted by atomic mass is 32.2. The Hall–Kier alpha value is -3.51. The van der Waals surface area contributed by atoms with Crippen LogP contribution < -0.4 is 10.1 Å². The molecule has 0 saturated carbocycles. The van der Waals surface area contributed by atoms with Crippen LogP contribution >= 0.6 is 0 Å². The molecule has 0 atom stereocenters. The summed E-state index contributed by atoms with van der Waals surface area (Å²) in [6.07, 6.45) is 0.0922. The summed E-state index contributed by atoms with van der Waals surface area (Å²) >= 11 is 0. The van der Waals surface area contributed by atoms with Crippen molar-refractivity contribution in [1.82, 2.24) is 14.5 Å². The lowest BCUT2D eigenvalue weighted by Gasteiger charge is -2.34. The van der Waals surface area contributed by atoms with Crippen LogP contribution in [-0.2, 0) is 14.8 Å². The number of rotatable bonds is 8. The number of sulfonamides is 1. The average Bonchev–Trinajstić information content (AvgIpc) is 2.83. The molecule has 1 fully saturated rings. The molecule has 0 radical (unpaired) electrons. The maximum Gasteiger partial charge on any atom is 0.312 e. The molecule has 0 unspecified atom stereocenters. The fourth-order valence-electron chi connectivity index (χ4n) is 3.63. The number of aryl methyl sites for hydroxylation is 1. The van der Waals surface area contributed by atoms with E-state index in [0.29, 0.717) is 5.56 Å². The lowest BCUT2D eigenvalue weighted by atomic mass is 10.1. The molecular formula is C22H26N4O7S. The highest BCUT2D eigenvalue weighted by Crippen LogP contribution is 2.30. The van der Waals surface area contributed by atoms with E-state index in [1.807, 2.05) is 13.0 Å². The molecular weight excluding hydrogens is 464 g/mol. The minimum Gasteiger partial charge on any atom is -0.490 e. The van der Waals surface area contributed by atoms with Gasteiger partial charge < -0.3 is 15.0 Å². The number of amides is 2. The highest BCUT2D eigenvalue weighted by molar-refractivity contribution is 7.89. The van der Waals surface area contributed by atoms with E-state index in [0.717, 1.165) is 11.6 Å². The quantitative estimate of drug-likeness (QED) is 0.438. The number of nitro groups is 1. The smallest absolute Gasteiger partial charge is 0.312 e. The van der Waals surface area contributed by atoms with Gasteiger partial charge in [-0.2, -0.15) is 4.31 Å². The fourth-order valence-corrected chi connectivity index (χ4v) is 5.07. The number of hydrogen-bond donors (Lipinski definition) is 1. The van der Waals surface area contributed by atoms with E-state index in [-0.39, 0.29) is 61.6 Å². The molecule has 0 aliphatic carbocycles. The number of ether oxygens (including phenoxy) is 1. The molecule has 0 bridgehead atoms. The number of methoxy groups -OCH3 is 1. The zero-order valence-electron chi connectivity index (χ0n) is 18.9. The monoisotopic (exact) mass is 490 g/mol. The third-order valence-corrected chi connectivity index (χ3v) is 7.38. The minimum absolute atomic E-state index is 0.0335. The first-order chi connectivity index (χ1) is 16.1. The SMILES string of the molecule is COc1ccc(S(=O)(=O)N2CCN(C(=O)CCNC(=O)c3cccc(C)c3)CC2)cc1[N+](=O)[O-]. The second kappa shape index (κ2) is 10.6. The molecule has 34 heavy (non-hydrogen) atoms. The van der Waals surface area contributed by atoms with Gasteiger partial charge >= 0.3 is 5.69 Å². The molecule has 12 heteroatoms. The number of nitrogens with zero attached hydrogens (tertiary/aromatic N) is 3. The van der Waals surface area contributed by atoms with Crippen LogP contribution in [-0.4, -0.2) is 74.2 Å². The molecule has 1 aliphatic heterocycles. The van der Waals surface area contributed by atoms with Gasteiger partial charge in [0.2, 0.25) is 15.9 Å². The van der Waals surface area contributed by atoms with E-state index in [9.17, 15) is 28.1 Å². The first kappa shape index (κ1) is 25.1. The van der Waals surface area contributed by atoms with Crippen LogP contribution in [0.15, 0.2) is 47.4 Å². The Bertz CT molecular complexity index is 1190. The number of nitro benzene ring substituents is 1. The van der Waals surface area contributed by atoms with Gasteiger partial charge in [-0.25, -0.2) is 8.42 Å². The average molecular weight is 491 g/mol. The summed E-state index contributed by atoms with van der Waals surface area (Å²) in [5.74, 6) is -0.489. The van der Waals surface area contributed by atoms with Crippen LogP contribution in [0.1, 0.15) is 22.3 Å². The minimum atomic E-state index is -3.98. The maximum atomic E-state index is 13.0. The van der Waals surface area contributed by atoms with E-state index < -0.39 is 20.6 Å². The summed E-state index contributed by atoms with van der Waals surface area (Å²) in [7, 11) is -2.71. The third kappa shape index (κ3) is 5.69. The van der Waals surface area contributed by atoms with Crippen LogP contribution in [0.5, 0.6) is 5.75 Å². The van der Waals surface area contributed by atoms with Gasteiger partial charge in [-0.05, 0) is 31.2 Å². The number of nitrogens with one attached hydrogen (secondary N) is 1. The molecule has 11 nitrogen and oxygen atoms in total. The summed E-state index contributed by atoms with van der Waals surface area (Å²) in [5.41, 5.74) is 1.04. The van der Waals surface area contributed by atoms with Crippen LogP contribution in [0.3, 0.4) is 0 Å². The van der Waals surface area contributed by atoms with Crippen molar-refractivity contribution in [1.29, 1.82) is 0 Å². The first-order valence-electron chi connectivity index (χ1n) is 10.6. The van der Waals surface area contributed by atoms with E-state index in [2.05, 4.69) is 5.32 Å². The zero-order valence-corrected chi connectivity index (χ0v) is 19.7. The standard InChI is InChI=1S/C22H26N4O7S/c1-16-4-3-5-17(14-16)22(28)23-9-8-21(27)24-10-12-25(13-11-24)34(31,32)18-6-7-20(33-2)19(15-18)26(29)30/h3-7,14-15H,8-13H2,1-2H3,(H,23,28). The largest absolute Gasteiger partial charge is 0.490 e. The number of hydrogen-bond acceptors (Lipinski definition) is 7. The van der Waals surface area contributed by atoms with Gasteiger partial charge in [-0.1, -0.05) is 17.7 Å². The van der Waals surface area contributed by atoms with Crippen molar-refractivity contribution in [3.8, 4) is 5.75 Å². The van der Waals surface area contributed by atoms with Gasteiger partial charge in [0, 0.05) is 50.8 Å². The van der Waals surface area contributed by atoms with Crippen molar-refractivity contribution in [3.05, 3.63) is 63.7 Å². The normalized spacial score (nSPS) is 14.5. The summed E-state index contributed by atoms with van der Waals surface area (Å²) in [6, 6.07) is 10.6. The summed E-state index contributed by atoms with van der Waals surface area (Å²) in [5, 5.41) is 13.9. The Labute approximate surface area is 197 Å². The Morgan fingerprint density at radius 2 is 1.82 bits per heavy atom. The van der Waals surface area contributed by atoms with Crippen molar-refractivity contribution in [3.63, 3.8) is 0 Å². The molecule has 1 heterocycles. The summed E-state index contributed by atoms with van der Waals surface area (Å²) in [6.45, 7) is 2.53. The maximum absolute atomic E-state index is 13.0. The van der Waals surface area contributed by atoms with Crippen LogP contribution in [0.2, 0.25) is 0 Å². The Balaban J connectivity index is 1.54. The van der Waals surface area contributed by atoms with Crippen LogP contribution in [0.25, 0.3) is 0 Å². The molecule has 2 aromatic rings. The Morgan fingerprint density at radius 1 is 1.12 bits per heavy atom. The van der Waals surface area contributed by atoms with Gasteiger partial charge in [0.15, 0.2) is 5.75 Å². The predicted molar refractivity (Wildman–Crippen MR) is 123 cm³/mol. The lowest BCUT2D eigenvalue weighted by Crippen LogP contribution is -2.50. The van der Waals surface area contributed by atoms with Crippen LogP contribution in [0.4, 0.5) is 5.69 Å². The number of carbonyl (C=O) groups excluding carboxylic acids is 2. The van der Waals surface area contributed by atoms with Crippen molar-refractivity contribution >= 4 is 27.5 Å². The number of carbonyl (C=O) groups is 2. The van der Waals surface area contributed by atoms with Crippen molar-refractivity contribution in [2.75, 3.05) is 39.8 Å².